The first kappa shape index (κ1) is 12.1. The molecule has 4 rings (SSSR count). The van der Waals surface area contributed by atoms with Crippen molar-refractivity contribution in [2.24, 2.45) is 0 Å². The first-order chi connectivity index (χ1) is 10.4. The van der Waals surface area contributed by atoms with Crippen molar-refractivity contribution in [2.75, 3.05) is 11.9 Å². The molecule has 2 aromatic carbocycles. The van der Waals surface area contributed by atoms with Crippen molar-refractivity contribution >= 4 is 5.69 Å². The Labute approximate surface area is 123 Å². The summed E-state index contributed by atoms with van der Waals surface area (Å²) in [6, 6.07) is 18.5. The van der Waals surface area contributed by atoms with Crippen molar-refractivity contribution < 1.29 is 0 Å². The van der Waals surface area contributed by atoms with Gasteiger partial charge >= 0.3 is 0 Å². The van der Waals surface area contributed by atoms with E-state index >= 15 is 0 Å². The molecular weight excluding hydrogens is 260 g/mol. The van der Waals surface area contributed by atoms with Crippen LogP contribution in [0.1, 0.15) is 17.3 Å². The number of nitrogens with zero attached hydrogens (tertiary/aromatic N) is 2. The highest BCUT2D eigenvalue weighted by Crippen LogP contribution is 2.32. The molecule has 1 atom stereocenters. The lowest BCUT2D eigenvalue weighted by molar-refractivity contribution is 0.715. The molecule has 21 heavy (non-hydrogen) atoms. The minimum absolute atomic E-state index is 0.456. The number of H-pyrrole nitrogens is 1. The monoisotopic (exact) mass is 276 g/mol. The number of para-hydroxylation sites is 1. The Bertz CT molecular complexity index is 748. The summed E-state index contributed by atoms with van der Waals surface area (Å²) in [7, 11) is 0. The average Bonchev–Trinajstić information content (AvgIpc) is 3.17. The average molecular weight is 276 g/mol. The van der Waals surface area contributed by atoms with Gasteiger partial charge in [-0.25, -0.2) is 4.98 Å². The van der Waals surface area contributed by atoms with Gasteiger partial charge in [0, 0.05) is 30.1 Å². The van der Waals surface area contributed by atoms with Crippen LogP contribution < -0.4 is 5.32 Å². The first-order valence-corrected chi connectivity index (χ1v) is 7.19. The molecule has 2 heterocycles. The van der Waals surface area contributed by atoms with Crippen LogP contribution in [0.2, 0.25) is 0 Å². The van der Waals surface area contributed by atoms with E-state index in [0.717, 1.165) is 30.2 Å². The molecule has 3 aromatic rings. The maximum Gasteiger partial charge on any atom is 0.181 e. The van der Waals surface area contributed by atoms with Gasteiger partial charge in [0.05, 0.1) is 0 Å². The molecule has 0 spiro atoms. The first-order valence-electron chi connectivity index (χ1n) is 7.19. The zero-order chi connectivity index (χ0) is 14.1. The molecule has 4 heteroatoms. The van der Waals surface area contributed by atoms with E-state index in [1.807, 2.05) is 30.3 Å². The van der Waals surface area contributed by atoms with Crippen LogP contribution in [0, 0.1) is 0 Å². The molecule has 1 unspecified atom stereocenters. The van der Waals surface area contributed by atoms with Gasteiger partial charge in [-0.2, -0.15) is 5.10 Å². The summed E-state index contributed by atoms with van der Waals surface area (Å²) in [6.45, 7) is 0.959. The number of hydrogen-bond donors (Lipinski definition) is 2. The second-order valence-corrected chi connectivity index (χ2v) is 5.34. The zero-order valence-electron chi connectivity index (χ0n) is 11.6. The van der Waals surface area contributed by atoms with E-state index in [2.05, 4.69) is 44.8 Å². The zero-order valence-corrected chi connectivity index (χ0v) is 11.6. The highest BCUT2D eigenvalue weighted by molar-refractivity contribution is 5.58. The predicted octanol–water partition coefficient (Wildman–Crippen LogP) is 3.22. The van der Waals surface area contributed by atoms with Crippen LogP contribution in [0.5, 0.6) is 0 Å². The molecule has 104 valence electrons. The summed E-state index contributed by atoms with van der Waals surface area (Å²) in [5.74, 6) is 2.17. The third kappa shape index (κ3) is 2.29. The fraction of sp³-hybridized carbons (Fsp3) is 0.176. The highest BCUT2D eigenvalue weighted by Gasteiger charge is 2.23. The Hall–Kier alpha value is -2.62. The minimum Gasteiger partial charge on any atom is -0.384 e. The van der Waals surface area contributed by atoms with E-state index in [4.69, 9.17) is 0 Å². The molecule has 0 saturated carbocycles. The summed E-state index contributed by atoms with van der Waals surface area (Å²) >= 11 is 0. The molecule has 0 radical (unpaired) electrons. The van der Waals surface area contributed by atoms with Gasteiger partial charge in [-0.05, 0) is 11.6 Å². The van der Waals surface area contributed by atoms with E-state index in [1.165, 1.54) is 11.3 Å². The van der Waals surface area contributed by atoms with Gasteiger partial charge in [-0.15, -0.1) is 0 Å². The van der Waals surface area contributed by atoms with E-state index < -0.39 is 0 Å². The molecule has 0 saturated heterocycles. The van der Waals surface area contributed by atoms with Gasteiger partial charge in [-0.1, -0.05) is 48.5 Å². The Morgan fingerprint density at radius 1 is 1.00 bits per heavy atom. The molecule has 0 aliphatic carbocycles. The number of aromatic amines is 1. The standard InChI is InChI=1S/C17H16N4/c1-2-6-12(7-3-1)17-19-16(20-21-17)10-13-11-18-15-9-5-4-8-14(13)15/h1-9,13,18H,10-11H2,(H,19,20,21). The molecule has 1 aromatic heterocycles. The fourth-order valence-corrected chi connectivity index (χ4v) is 2.88. The molecule has 0 fully saturated rings. The summed E-state index contributed by atoms with van der Waals surface area (Å²) in [6.07, 6.45) is 0.879. The third-order valence-corrected chi connectivity index (χ3v) is 3.94. The highest BCUT2D eigenvalue weighted by atomic mass is 15.2. The van der Waals surface area contributed by atoms with E-state index in [1.54, 1.807) is 0 Å². The van der Waals surface area contributed by atoms with Crippen LogP contribution in [0.4, 0.5) is 5.69 Å². The van der Waals surface area contributed by atoms with Crippen molar-refractivity contribution in [1.82, 2.24) is 15.2 Å². The maximum absolute atomic E-state index is 4.62. The van der Waals surface area contributed by atoms with E-state index in [9.17, 15) is 0 Å². The summed E-state index contributed by atoms with van der Waals surface area (Å²) < 4.78 is 0. The number of nitrogens with one attached hydrogen (secondary N) is 2. The normalized spacial score (nSPS) is 16.5. The van der Waals surface area contributed by atoms with Gasteiger partial charge in [0.25, 0.3) is 0 Å². The minimum atomic E-state index is 0.456. The summed E-state index contributed by atoms with van der Waals surface area (Å²) in [5, 5.41) is 10.8. The van der Waals surface area contributed by atoms with Gasteiger partial charge in [0.2, 0.25) is 0 Å². The Morgan fingerprint density at radius 3 is 2.71 bits per heavy atom. The number of anilines is 1. The quantitative estimate of drug-likeness (QED) is 0.772. The number of rotatable bonds is 3. The van der Waals surface area contributed by atoms with E-state index in [0.29, 0.717) is 5.92 Å². The van der Waals surface area contributed by atoms with Gasteiger partial charge in [-0.3, -0.25) is 5.10 Å². The van der Waals surface area contributed by atoms with Crippen LogP contribution in [-0.2, 0) is 6.42 Å². The Morgan fingerprint density at radius 2 is 1.81 bits per heavy atom. The van der Waals surface area contributed by atoms with Crippen molar-refractivity contribution in [3.05, 3.63) is 66.0 Å². The second-order valence-electron chi connectivity index (χ2n) is 5.34. The smallest absolute Gasteiger partial charge is 0.181 e. The molecule has 1 aliphatic rings. The van der Waals surface area contributed by atoms with Crippen molar-refractivity contribution in [1.29, 1.82) is 0 Å². The van der Waals surface area contributed by atoms with E-state index in [-0.39, 0.29) is 0 Å². The third-order valence-electron chi connectivity index (χ3n) is 3.94. The number of benzene rings is 2. The lowest BCUT2D eigenvalue weighted by atomic mass is 9.98. The number of aromatic nitrogens is 3. The molecule has 2 N–H and O–H groups in total. The van der Waals surface area contributed by atoms with Crippen molar-refractivity contribution in [3.63, 3.8) is 0 Å². The molecule has 0 bridgehead atoms. The maximum atomic E-state index is 4.62. The predicted molar refractivity (Wildman–Crippen MR) is 83.2 cm³/mol. The summed E-state index contributed by atoms with van der Waals surface area (Å²) in [4.78, 5) is 4.62. The summed E-state index contributed by atoms with van der Waals surface area (Å²) in [5.41, 5.74) is 3.66. The van der Waals surface area contributed by atoms with Gasteiger partial charge in [0.1, 0.15) is 5.82 Å². The van der Waals surface area contributed by atoms with Gasteiger partial charge in [0.15, 0.2) is 5.82 Å². The molecule has 4 nitrogen and oxygen atoms in total. The van der Waals surface area contributed by atoms with Crippen LogP contribution >= 0.6 is 0 Å². The second kappa shape index (κ2) is 5.05. The van der Waals surface area contributed by atoms with Crippen LogP contribution in [0.25, 0.3) is 11.4 Å². The molecular formula is C17H16N4. The fourth-order valence-electron chi connectivity index (χ4n) is 2.88. The molecule has 0 amide bonds. The lowest BCUT2D eigenvalue weighted by Gasteiger charge is -2.06. The van der Waals surface area contributed by atoms with Crippen molar-refractivity contribution in [2.45, 2.75) is 12.3 Å². The number of hydrogen-bond acceptors (Lipinski definition) is 3. The lowest BCUT2D eigenvalue weighted by Crippen LogP contribution is -2.06. The van der Waals surface area contributed by atoms with Crippen LogP contribution in [-0.4, -0.2) is 21.7 Å². The van der Waals surface area contributed by atoms with Crippen molar-refractivity contribution in [3.8, 4) is 11.4 Å². The topological polar surface area (TPSA) is 53.6 Å². The molecule has 1 aliphatic heterocycles. The SMILES string of the molecule is c1ccc(-c2n[nH]c(CC3CNc4ccccc43)n2)cc1. The van der Waals surface area contributed by atoms with Gasteiger partial charge < -0.3 is 5.32 Å². The van der Waals surface area contributed by atoms with Crippen LogP contribution in [0.3, 0.4) is 0 Å². The van der Waals surface area contributed by atoms with Crippen LogP contribution in [0.15, 0.2) is 54.6 Å². The number of fused-ring (bicyclic) bond motifs is 1. The largest absolute Gasteiger partial charge is 0.384 e. The Balaban J connectivity index is 1.56. The Kier molecular flexibility index (Phi) is 2.92.